The lowest BCUT2D eigenvalue weighted by atomic mass is 10.2. The van der Waals surface area contributed by atoms with E-state index in [1.54, 1.807) is 6.92 Å². The van der Waals surface area contributed by atoms with E-state index in [9.17, 15) is 22.0 Å². The van der Waals surface area contributed by atoms with Crippen LogP contribution in [0.4, 0.5) is 22.0 Å². The van der Waals surface area contributed by atoms with Crippen LogP contribution in [0, 0.1) is 18.6 Å². The molecule has 0 amide bonds. The van der Waals surface area contributed by atoms with E-state index in [1.807, 2.05) is 0 Å². The monoisotopic (exact) mass is 366 g/mol. The van der Waals surface area contributed by atoms with Gasteiger partial charge in [0.1, 0.15) is 17.3 Å². The number of halogens is 6. The molecule has 0 saturated carbocycles. The third-order valence-corrected chi connectivity index (χ3v) is 3.45. The minimum absolute atomic E-state index is 0.129. The molecule has 0 aliphatic carbocycles. The maximum atomic E-state index is 13.7. The quantitative estimate of drug-likeness (QED) is 0.606. The highest BCUT2D eigenvalue weighted by atomic mass is 79.9. The molecule has 0 radical (unpaired) electrons. The third-order valence-electron chi connectivity index (χ3n) is 2.71. The average Bonchev–Trinajstić information content (AvgIpc) is 2.36. The Morgan fingerprint density at radius 2 is 1.62 bits per heavy atom. The summed E-state index contributed by atoms with van der Waals surface area (Å²) in [5.41, 5.74) is -0.959. The third kappa shape index (κ3) is 3.34. The second-order valence-electron chi connectivity index (χ2n) is 4.25. The van der Waals surface area contributed by atoms with Gasteiger partial charge in [-0.05, 0) is 58.7 Å². The second kappa shape index (κ2) is 5.63. The summed E-state index contributed by atoms with van der Waals surface area (Å²) < 4.78 is 69.2. The van der Waals surface area contributed by atoms with Gasteiger partial charge in [0.25, 0.3) is 0 Å². The summed E-state index contributed by atoms with van der Waals surface area (Å²) >= 11 is 2.75. The lowest BCUT2D eigenvalue weighted by molar-refractivity contribution is -0.140. The predicted molar refractivity (Wildman–Crippen MR) is 70.3 cm³/mol. The summed E-state index contributed by atoms with van der Waals surface area (Å²) in [7, 11) is 0. The molecule has 2 aromatic carbocycles. The Kier molecular flexibility index (Phi) is 4.22. The first kappa shape index (κ1) is 15.8. The molecule has 0 bridgehead atoms. The zero-order valence-corrected chi connectivity index (χ0v) is 12.1. The number of aryl methyl sites for hydroxylation is 1. The summed E-state index contributed by atoms with van der Waals surface area (Å²) in [6.07, 6.45) is -4.79. The standard InChI is InChI=1S/C14H8BrF5O/c1-7-6-8(16)2-4-10(7)21-11-5-3-9(14(18,19)20)13(17)12(11)15/h2-6H,1H3. The van der Waals surface area contributed by atoms with Gasteiger partial charge in [-0.2, -0.15) is 13.2 Å². The molecule has 112 valence electrons. The normalized spacial score (nSPS) is 11.6. The van der Waals surface area contributed by atoms with Gasteiger partial charge < -0.3 is 4.74 Å². The second-order valence-corrected chi connectivity index (χ2v) is 5.04. The fourth-order valence-corrected chi connectivity index (χ4v) is 2.10. The molecule has 0 spiro atoms. The van der Waals surface area contributed by atoms with Crippen molar-refractivity contribution in [3.63, 3.8) is 0 Å². The van der Waals surface area contributed by atoms with E-state index in [1.165, 1.54) is 12.1 Å². The van der Waals surface area contributed by atoms with Gasteiger partial charge in [0.2, 0.25) is 0 Å². The zero-order valence-electron chi connectivity index (χ0n) is 10.6. The number of benzene rings is 2. The lowest BCUT2D eigenvalue weighted by Gasteiger charge is -2.14. The molecule has 0 heterocycles. The highest BCUT2D eigenvalue weighted by Crippen LogP contribution is 2.39. The maximum Gasteiger partial charge on any atom is 0.419 e. The van der Waals surface area contributed by atoms with Gasteiger partial charge in [-0.1, -0.05) is 0 Å². The Morgan fingerprint density at radius 3 is 2.19 bits per heavy atom. The van der Waals surface area contributed by atoms with Crippen molar-refractivity contribution in [2.45, 2.75) is 13.1 Å². The largest absolute Gasteiger partial charge is 0.456 e. The van der Waals surface area contributed by atoms with E-state index in [0.29, 0.717) is 11.6 Å². The lowest BCUT2D eigenvalue weighted by Crippen LogP contribution is -2.08. The fraction of sp³-hybridized carbons (Fsp3) is 0.143. The molecule has 0 unspecified atom stereocenters. The SMILES string of the molecule is Cc1cc(F)ccc1Oc1ccc(C(F)(F)F)c(F)c1Br. The van der Waals surface area contributed by atoms with Crippen molar-refractivity contribution in [3.05, 3.63) is 57.6 Å². The molecular formula is C14H8BrF5O. The van der Waals surface area contributed by atoms with Crippen molar-refractivity contribution in [1.82, 2.24) is 0 Å². The van der Waals surface area contributed by atoms with Gasteiger partial charge in [-0.15, -0.1) is 0 Å². The van der Waals surface area contributed by atoms with Crippen LogP contribution in [0.25, 0.3) is 0 Å². The smallest absolute Gasteiger partial charge is 0.419 e. The van der Waals surface area contributed by atoms with E-state index >= 15 is 0 Å². The van der Waals surface area contributed by atoms with Gasteiger partial charge in [0.05, 0.1) is 10.0 Å². The van der Waals surface area contributed by atoms with Crippen molar-refractivity contribution in [2.24, 2.45) is 0 Å². The van der Waals surface area contributed by atoms with E-state index in [4.69, 9.17) is 4.74 Å². The summed E-state index contributed by atoms with van der Waals surface area (Å²) in [5.74, 6) is -1.84. The molecule has 0 N–H and O–H groups in total. The molecule has 0 aromatic heterocycles. The van der Waals surface area contributed by atoms with Gasteiger partial charge in [0.15, 0.2) is 5.82 Å². The summed E-state index contributed by atoms with van der Waals surface area (Å²) in [6, 6.07) is 5.24. The minimum atomic E-state index is -4.79. The van der Waals surface area contributed by atoms with Crippen molar-refractivity contribution in [2.75, 3.05) is 0 Å². The molecule has 2 aromatic rings. The highest BCUT2D eigenvalue weighted by molar-refractivity contribution is 9.10. The van der Waals surface area contributed by atoms with Gasteiger partial charge in [-0.3, -0.25) is 0 Å². The molecule has 0 saturated heterocycles. The maximum absolute atomic E-state index is 13.7. The molecule has 2 rings (SSSR count). The van der Waals surface area contributed by atoms with E-state index in [0.717, 1.165) is 12.1 Å². The van der Waals surface area contributed by atoms with Gasteiger partial charge >= 0.3 is 6.18 Å². The number of rotatable bonds is 2. The van der Waals surface area contributed by atoms with Gasteiger partial charge in [-0.25, -0.2) is 8.78 Å². The fourth-order valence-electron chi connectivity index (χ4n) is 1.68. The van der Waals surface area contributed by atoms with E-state index in [2.05, 4.69) is 15.9 Å². The van der Waals surface area contributed by atoms with Crippen molar-refractivity contribution >= 4 is 15.9 Å². The first-order chi connectivity index (χ1) is 9.70. The first-order valence-corrected chi connectivity index (χ1v) is 6.48. The molecule has 21 heavy (non-hydrogen) atoms. The number of alkyl halides is 3. The number of hydrogen-bond acceptors (Lipinski definition) is 1. The number of ether oxygens (including phenoxy) is 1. The first-order valence-electron chi connectivity index (χ1n) is 5.69. The Bertz CT molecular complexity index is 682. The van der Waals surface area contributed by atoms with Crippen LogP contribution in [0.3, 0.4) is 0 Å². The molecule has 7 heteroatoms. The predicted octanol–water partition coefficient (Wildman–Crippen LogP) is 5.85. The Morgan fingerprint density at radius 1 is 1.00 bits per heavy atom. The summed E-state index contributed by atoms with van der Waals surface area (Å²) in [6.45, 7) is 1.56. The Hall–Kier alpha value is -1.63. The van der Waals surface area contributed by atoms with Crippen molar-refractivity contribution in [1.29, 1.82) is 0 Å². The molecular weight excluding hydrogens is 359 g/mol. The van der Waals surface area contributed by atoms with Crippen LogP contribution in [0.1, 0.15) is 11.1 Å². The summed E-state index contributed by atoms with van der Waals surface area (Å²) in [4.78, 5) is 0. The van der Waals surface area contributed by atoms with E-state index < -0.39 is 27.8 Å². The molecule has 0 atom stereocenters. The average molecular weight is 367 g/mol. The molecule has 0 fully saturated rings. The van der Waals surface area contributed by atoms with Crippen LogP contribution in [-0.2, 0) is 6.18 Å². The molecule has 0 aliphatic rings. The van der Waals surface area contributed by atoms with Crippen molar-refractivity contribution in [3.8, 4) is 11.5 Å². The van der Waals surface area contributed by atoms with Crippen LogP contribution in [0.2, 0.25) is 0 Å². The van der Waals surface area contributed by atoms with Crippen LogP contribution in [0.15, 0.2) is 34.8 Å². The van der Waals surface area contributed by atoms with Crippen LogP contribution >= 0.6 is 15.9 Å². The van der Waals surface area contributed by atoms with Crippen molar-refractivity contribution < 1.29 is 26.7 Å². The highest BCUT2D eigenvalue weighted by Gasteiger charge is 2.35. The molecule has 1 nitrogen and oxygen atoms in total. The Labute approximate surface area is 125 Å². The Balaban J connectivity index is 2.40. The van der Waals surface area contributed by atoms with Crippen LogP contribution in [-0.4, -0.2) is 0 Å². The topological polar surface area (TPSA) is 9.23 Å². The molecule has 0 aliphatic heterocycles. The van der Waals surface area contributed by atoms with E-state index in [-0.39, 0.29) is 11.5 Å². The zero-order chi connectivity index (χ0) is 15.8. The minimum Gasteiger partial charge on any atom is -0.456 e. The van der Waals surface area contributed by atoms with Gasteiger partial charge in [0, 0.05) is 0 Å². The summed E-state index contributed by atoms with van der Waals surface area (Å²) in [5, 5.41) is 0. The number of hydrogen-bond donors (Lipinski definition) is 0. The van der Waals surface area contributed by atoms with Crippen LogP contribution < -0.4 is 4.74 Å². The van der Waals surface area contributed by atoms with Crippen LogP contribution in [0.5, 0.6) is 11.5 Å².